The van der Waals surface area contributed by atoms with Crippen LogP contribution in [0.5, 0.6) is 11.5 Å². The van der Waals surface area contributed by atoms with Gasteiger partial charge in [0.1, 0.15) is 11.3 Å². The summed E-state index contributed by atoms with van der Waals surface area (Å²) in [6.45, 7) is 6.81. The number of aromatic hydroxyl groups is 1. The molecule has 0 fully saturated rings. The lowest BCUT2D eigenvalue weighted by atomic mass is 9.87. The van der Waals surface area contributed by atoms with Crippen LogP contribution >= 0.6 is 15.9 Å². The van der Waals surface area contributed by atoms with Crippen LogP contribution in [0.25, 0.3) is 0 Å². The van der Waals surface area contributed by atoms with Crippen molar-refractivity contribution in [3.05, 3.63) is 52.0 Å². The van der Waals surface area contributed by atoms with E-state index in [0.717, 1.165) is 10.2 Å². The van der Waals surface area contributed by atoms with Crippen molar-refractivity contribution < 1.29 is 24.2 Å². The third-order valence-electron chi connectivity index (χ3n) is 4.32. The highest BCUT2D eigenvalue weighted by Gasteiger charge is 2.17. The fourth-order valence-corrected chi connectivity index (χ4v) is 3.12. The van der Waals surface area contributed by atoms with Crippen LogP contribution in [-0.2, 0) is 14.9 Å². The number of ether oxygens (including phenoxy) is 2. The quantitative estimate of drug-likeness (QED) is 0.341. The number of hydrogen-bond donors (Lipinski definition) is 2. The predicted molar refractivity (Wildman–Crippen MR) is 116 cm³/mol. The Kier molecular flexibility index (Phi) is 7.67. The summed E-state index contributed by atoms with van der Waals surface area (Å²) in [6.07, 6.45) is 0.705. The zero-order valence-electron chi connectivity index (χ0n) is 17.0. The molecule has 2 aromatic rings. The Balaban J connectivity index is 1.86. The first-order valence-electron chi connectivity index (χ1n) is 9.26. The summed E-state index contributed by atoms with van der Waals surface area (Å²) < 4.78 is 11.2. The van der Waals surface area contributed by atoms with Gasteiger partial charge in [-0.2, -0.15) is 0 Å². The van der Waals surface area contributed by atoms with Crippen molar-refractivity contribution in [1.82, 2.24) is 0 Å². The van der Waals surface area contributed by atoms with Gasteiger partial charge in [-0.15, -0.1) is 0 Å². The highest BCUT2D eigenvalue weighted by Crippen LogP contribution is 2.32. The van der Waals surface area contributed by atoms with E-state index in [9.17, 15) is 14.7 Å². The zero-order chi connectivity index (χ0) is 21.6. The second-order valence-corrected chi connectivity index (χ2v) is 8.44. The molecule has 6 nitrogen and oxygen atoms in total. The van der Waals surface area contributed by atoms with Crippen LogP contribution in [0.2, 0.25) is 0 Å². The van der Waals surface area contributed by atoms with E-state index in [1.54, 1.807) is 6.07 Å². The number of halogens is 1. The molecule has 0 saturated heterocycles. The number of anilines is 1. The van der Waals surface area contributed by atoms with E-state index >= 15 is 0 Å². The molecule has 0 aromatic heterocycles. The summed E-state index contributed by atoms with van der Waals surface area (Å²) in [5.74, 6) is -0.545. The number of para-hydroxylation sites is 1. The molecule has 7 heteroatoms. The van der Waals surface area contributed by atoms with E-state index in [4.69, 9.17) is 4.74 Å². The van der Waals surface area contributed by atoms with Gasteiger partial charge in [-0.25, -0.2) is 4.79 Å². The number of phenolic OH excluding ortho intramolecular Hbond substituents is 1. The molecule has 0 bridgehead atoms. The lowest BCUT2D eigenvalue weighted by Gasteiger charge is -2.20. The van der Waals surface area contributed by atoms with Crippen LogP contribution in [0.4, 0.5) is 5.69 Å². The average Bonchev–Trinajstić information content (AvgIpc) is 2.66. The van der Waals surface area contributed by atoms with E-state index < -0.39 is 5.97 Å². The molecule has 2 aromatic carbocycles. The minimum absolute atomic E-state index is 0.00260. The minimum Gasteiger partial charge on any atom is -0.505 e. The van der Waals surface area contributed by atoms with Gasteiger partial charge < -0.3 is 19.9 Å². The number of amides is 1. The first-order chi connectivity index (χ1) is 13.6. The molecule has 156 valence electrons. The number of rotatable bonds is 7. The van der Waals surface area contributed by atoms with Crippen LogP contribution in [0.1, 0.15) is 49.5 Å². The zero-order valence-corrected chi connectivity index (χ0v) is 18.6. The smallest absolute Gasteiger partial charge is 0.341 e. The molecule has 0 heterocycles. The molecule has 29 heavy (non-hydrogen) atoms. The molecular weight excluding hydrogens is 438 g/mol. The van der Waals surface area contributed by atoms with Gasteiger partial charge in [0.25, 0.3) is 0 Å². The molecule has 0 unspecified atom stereocenters. The summed E-state index contributed by atoms with van der Waals surface area (Å²) in [6, 6.07) is 10.5. The number of methoxy groups -OCH3 is 1. The third kappa shape index (κ3) is 6.22. The Morgan fingerprint density at radius 2 is 1.90 bits per heavy atom. The number of nitrogens with one attached hydrogen (secondary N) is 1. The van der Waals surface area contributed by atoms with Gasteiger partial charge in [-0.1, -0.05) is 32.9 Å². The summed E-state index contributed by atoms with van der Waals surface area (Å²) in [5.41, 5.74) is 1.41. The van der Waals surface area contributed by atoms with Gasteiger partial charge >= 0.3 is 5.97 Å². The molecule has 0 aliphatic rings. The van der Waals surface area contributed by atoms with Gasteiger partial charge in [0, 0.05) is 6.42 Å². The normalized spacial score (nSPS) is 11.1. The fourth-order valence-electron chi connectivity index (χ4n) is 2.63. The van der Waals surface area contributed by atoms with E-state index in [-0.39, 0.29) is 34.7 Å². The third-order valence-corrected chi connectivity index (χ3v) is 4.94. The topological polar surface area (TPSA) is 84.9 Å². The molecule has 0 spiro atoms. The largest absolute Gasteiger partial charge is 0.505 e. The van der Waals surface area contributed by atoms with Crippen LogP contribution in [0.3, 0.4) is 0 Å². The van der Waals surface area contributed by atoms with Gasteiger partial charge in [-0.3, -0.25) is 4.79 Å². The van der Waals surface area contributed by atoms with E-state index in [0.29, 0.717) is 13.0 Å². The fraction of sp³-hybridized carbons (Fsp3) is 0.364. The Labute approximate surface area is 179 Å². The average molecular weight is 464 g/mol. The van der Waals surface area contributed by atoms with Crippen molar-refractivity contribution in [2.45, 2.75) is 39.0 Å². The predicted octanol–water partition coefficient (Wildman–Crippen LogP) is 5.04. The molecule has 2 N–H and O–H groups in total. The van der Waals surface area contributed by atoms with Crippen molar-refractivity contribution in [1.29, 1.82) is 0 Å². The summed E-state index contributed by atoms with van der Waals surface area (Å²) in [5, 5.41) is 12.7. The van der Waals surface area contributed by atoms with Crippen molar-refractivity contribution >= 4 is 33.5 Å². The molecule has 0 atom stereocenters. The lowest BCUT2D eigenvalue weighted by Crippen LogP contribution is -2.14. The maximum atomic E-state index is 12.1. The monoisotopic (exact) mass is 463 g/mol. The first kappa shape index (κ1) is 22.7. The number of phenols is 1. The molecule has 0 radical (unpaired) electrons. The second-order valence-electron chi connectivity index (χ2n) is 7.59. The van der Waals surface area contributed by atoms with Crippen LogP contribution in [0.15, 0.2) is 40.9 Å². The van der Waals surface area contributed by atoms with E-state index in [1.165, 1.54) is 24.8 Å². The number of esters is 1. The highest BCUT2D eigenvalue weighted by atomic mass is 79.9. The van der Waals surface area contributed by atoms with Crippen molar-refractivity contribution in [3.63, 3.8) is 0 Å². The number of benzene rings is 2. The van der Waals surface area contributed by atoms with Gasteiger partial charge in [0.2, 0.25) is 5.91 Å². The molecule has 1 amide bonds. The molecule has 0 saturated carbocycles. The standard InChI is InChI=1S/C22H26BrNO5/c1-22(2,3)14-10-11-18(16(23)13-14)29-12-6-9-19(25)24-17-8-5-7-15(20(17)26)21(27)28-4/h5,7-8,10-11,13,26H,6,9,12H2,1-4H3,(H,24,25). The van der Waals surface area contributed by atoms with Crippen molar-refractivity contribution in [2.24, 2.45) is 0 Å². The first-order valence-corrected chi connectivity index (χ1v) is 10.1. The van der Waals surface area contributed by atoms with Crippen LogP contribution < -0.4 is 10.1 Å². The van der Waals surface area contributed by atoms with Crippen molar-refractivity contribution in [3.8, 4) is 11.5 Å². The minimum atomic E-state index is -0.671. The SMILES string of the molecule is COC(=O)c1cccc(NC(=O)CCCOc2ccc(C(C)(C)C)cc2Br)c1O. The Bertz CT molecular complexity index is 889. The summed E-state index contributed by atoms with van der Waals surface area (Å²) in [4.78, 5) is 23.8. The number of carbonyl (C=O) groups excluding carboxylic acids is 2. The lowest BCUT2D eigenvalue weighted by molar-refractivity contribution is -0.116. The maximum absolute atomic E-state index is 12.1. The Morgan fingerprint density at radius 1 is 1.17 bits per heavy atom. The molecule has 0 aliphatic heterocycles. The number of hydrogen-bond acceptors (Lipinski definition) is 5. The summed E-state index contributed by atoms with van der Waals surface area (Å²) in [7, 11) is 1.22. The van der Waals surface area contributed by atoms with Gasteiger partial charge in [-0.05, 0) is 57.6 Å². The summed E-state index contributed by atoms with van der Waals surface area (Å²) >= 11 is 3.53. The van der Waals surface area contributed by atoms with E-state index in [2.05, 4.69) is 46.8 Å². The van der Waals surface area contributed by atoms with Gasteiger partial charge in [0.05, 0.1) is 23.9 Å². The Hall–Kier alpha value is -2.54. The van der Waals surface area contributed by atoms with Gasteiger partial charge in [0.15, 0.2) is 5.75 Å². The highest BCUT2D eigenvalue weighted by molar-refractivity contribution is 9.10. The van der Waals surface area contributed by atoms with Crippen molar-refractivity contribution in [2.75, 3.05) is 19.0 Å². The maximum Gasteiger partial charge on any atom is 0.341 e. The second kappa shape index (κ2) is 9.78. The van der Waals surface area contributed by atoms with E-state index in [1.807, 2.05) is 18.2 Å². The van der Waals surface area contributed by atoms with Crippen LogP contribution in [-0.4, -0.2) is 30.7 Å². The molecule has 0 aliphatic carbocycles. The number of carbonyl (C=O) groups is 2. The van der Waals surface area contributed by atoms with Crippen LogP contribution in [0, 0.1) is 0 Å². The Morgan fingerprint density at radius 3 is 2.52 bits per heavy atom. The molecule has 2 rings (SSSR count). The molecular formula is C22H26BrNO5.